The highest BCUT2D eigenvalue weighted by atomic mass is 32.1. The van der Waals surface area contributed by atoms with Crippen LogP contribution in [0.3, 0.4) is 0 Å². The van der Waals surface area contributed by atoms with Gasteiger partial charge in [0.25, 0.3) is 5.91 Å². The monoisotopic (exact) mass is 335 g/mol. The SMILES string of the molecule is Cc1ccc(C2CCCN2C(=O)C(C)OC2CCCC(C)C2)s1. The quantitative estimate of drug-likeness (QED) is 0.798. The molecule has 2 heterocycles. The molecule has 0 spiro atoms. The van der Waals surface area contributed by atoms with E-state index in [0.717, 1.165) is 38.1 Å². The maximum Gasteiger partial charge on any atom is 0.251 e. The number of hydrogen-bond acceptors (Lipinski definition) is 3. The number of likely N-dealkylation sites (tertiary alicyclic amines) is 1. The van der Waals surface area contributed by atoms with Gasteiger partial charge in [0.05, 0.1) is 12.1 Å². The van der Waals surface area contributed by atoms with Gasteiger partial charge in [-0.1, -0.05) is 19.8 Å². The van der Waals surface area contributed by atoms with Gasteiger partial charge in [-0.25, -0.2) is 0 Å². The predicted octanol–water partition coefficient (Wildman–Crippen LogP) is 4.70. The van der Waals surface area contributed by atoms with Gasteiger partial charge < -0.3 is 9.64 Å². The Morgan fingerprint density at radius 1 is 1.30 bits per heavy atom. The molecule has 3 rings (SSSR count). The van der Waals surface area contributed by atoms with E-state index in [9.17, 15) is 4.79 Å². The summed E-state index contributed by atoms with van der Waals surface area (Å²) < 4.78 is 6.14. The number of carbonyl (C=O) groups is 1. The van der Waals surface area contributed by atoms with Crippen molar-refractivity contribution in [2.45, 2.75) is 77.5 Å². The second kappa shape index (κ2) is 7.35. The largest absolute Gasteiger partial charge is 0.365 e. The molecule has 2 aliphatic rings. The molecule has 4 atom stereocenters. The summed E-state index contributed by atoms with van der Waals surface area (Å²) in [6, 6.07) is 4.60. The van der Waals surface area contributed by atoms with Crippen LogP contribution >= 0.6 is 11.3 Å². The van der Waals surface area contributed by atoms with Crippen molar-refractivity contribution in [1.82, 2.24) is 4.90 Å². The minimum absolute atomic E-state index is 0.178. The average Bonchev–Trinajstić information content (AvgIpc) is 3.14. The van der Waals surface area contributed by atoms with E-state index in [4.69, 9.17) is 4.74 Å². The van der Waals surface area contributed by atoms with Gasteiger partial charge in [0.15, 0.2) is 0 Å². The number of nitrogens with zero attached hydrogens (tertiary/aromatic N) is 1. The minimum Gasteiger partial charge on any atom is -0.365 e. The van der Waals surface area contributed by atoms with Crippen LogP contribution in [0, 0.1) is 12.8 Å². The van der Waals surface area contributed by atoms with Gasteiger partial charge in [-0.3, -0.25) is 4.79 Å². The second-order valence-corrected chi connectivity index (χ2v) is 8.63. The van der Waals surface area contributed by atoms with E-state index < -0.39 is 0 Å². The minimum atomic E-state index is -0.313. The zero-order valence-electron chi connectivity index (χ0n) is 14.6. The van der Waals surface area contributed by atoms with Crippen molar-refractivity contribution in [2.24, 2.45) is 5.92 Å². The Kier molecular flexibility index (Phi) is 5.42. The molecular weight excluding hydrogens is 306 g/mol. The lowest BCUT2D eigenvalue weighted by molar-refractivity contribution is -0.148. The van der Waals surface area contributed by atoms with E-state index in [0.29, 0.717) is 0 Å². The lowest BCUT2D eigenvalue weighted by atomic mass is 9.88. The number of amides is 1. The van der Waals surface area contributed by atoms with Gasteiger partial charge in [-0.15, -0.1) is 11.3 Å². The van der Waals surface area contributed by atoms with Crippen LogP contribution in [0.5, 0.6) is 0 Å². The molecule has 4 unspecified atom stereocenters. The fourth-order valence-corrected chi connectivity index (χ4v) is 5.07. The normalized spacial score (nSPS) is 29.7. The second-order valence-electron chi connectivity index (χ2n) is 7.31. The Labute approximate surface area is 144 Å². The molecule has 1 aliphatic heterocycles. The molecule has 1 saturated heterocycles. The highest BCUT2D eigenvalue weighted by Gasteiger charge is 2.34. The first-order valence-corrected chi connectivity index (χ1v) is 9.88. The molecule has 0 aromatic carbocycles. The third-order valence-corrected chi connectivity index (χ3v) is 6.36. The van der Waals surface area contributed by atoms with Crippen molar-refractivity contribution in [3.63, 3.8) is 0 Å². The fraction of sp³-hybridized carbons (Fsp3) is 0.737. The molecule has 1 amide bonds. The van der Waals surface area contributed by atoms with Crippen LogP contribution in [-0.4, -0.2) is 29.6 Å². The molecule has 128 valence electrons. The van der Waals surface area contributed by atoms with Crippen LogP contribution < -0.4 is 0 Å². The van der Waals surface area contributed by atoms with E-state index in [1.54, 1.807) is 0 Å². The van der Waals surface area contributed by atoms with E-state index in [-0.39, 0.29) is 24.2 Å². The lowest BCUT2D eigenvalue weighted by Crippen LogP contribution is -2.40. The molecule has 3 nitrogen and oxygen atoms in total. The van der Waals surface area contributed by atoms with Crippen molar-refractivity contribution in [3.8, 4) is 0 Å². The van der Waals surface area contributed by atoms with E-state index in [1.165, 1.54) is 22.6 Å². The van der Waals surface area contributed by atoms with Crippen LogP contribution in [-0.2, 0) is 9.53 Å². The molecule has 1 saturated carbocycles. The van der Waals surface area contributed by atoms with Gasteiger partial charge in [-0.05, 0) is 57.6 Å². The van der Waals surface area contributed by atoms with Crippen LogP contribution in [0.25, 0.3) is 0 Å². The Bertz CT molecular complexity index is 541. The topological polar surface area (TPSA) is 29.5 Å². The molecule has 2 fully saturated rings. The number of thiophene rings is 1. The number of carbonyl (C=O) groups excluding carboxylic acids is 1. The van der Waals surface area contributed by atoms with Gasteiger partial charge in [-0.2, -0.15) is 0 Å². The number of hydrogen-bond donors (Lipinski definition) is 0. The first kappa shape index (κ1) is 17.0. The molecule has 23 heavy (non-hydrogen) atoms. The molecule has 4 heteroatoms. The highest BCUT2D eigenvalue weighted by molar-refractivity contribution is 7.12. The lowest BCUT2D eigenvalue weighted by Gasteiger charge is -2.32. The maximum absolute atomic E-state index is 12.9. The summed E-state index contributed by atoms with van der Waals surface area (Å²) in [5.41, 5.74) is 0. The van der Waals surface area contributed by atoms with Gasteiger partial charge >= 0.3 is 0 Å². The maximum atomic E-state index is 12.9. The summed E-state index contributed by atoms with van der Waals surface area (Å²) in [7, 11) is 0. The molecule has 1 aliphatic carbocycles. The third kappa shape index (κ3) is 3.97. The zero-order chi connectivity index (χ0) is 16.4. The summed E-state index contributed by atoms with van der Waals surface area (Å²) in [5.74, 6) is 0.904. The summed E-state index contributed by atoms with van der Waals surface area (Å²) in [4.78, 5) is 17.6. The first-order chi connectivity index (χ1) is 11.0. The summed E-state index contributed by atoms with van der Waals surface area (Å²) in [6.07, 6.45) is 6.87. The highest BCUT2D eigenvalue weighted by Crippen LogP contribution is 2.36. The van der Waals surface area contributed by atoms with Gasteiger partial charge in [0.2, 0.25) is 0 Å². The molecule has 1 aromatic rings. The van der Waals surface area contributed by atoms with Crippen molar-refractivity contribution in [3.05, 3.63) is 21.9 Å². The predicted molar refractivity (Wildman–Crippen MR) is 94.7 cm³/mol. The van der Waals surface area contributed by atoms with Crippen molar-refractivity contribution in [2.75, 3.05) is 6.54 Å². The van der Waals surface area contributed by atoms with Crippen molar-refractivity contribution in [1.29, 1.82) is 0 Å². The number of aryl methyl sites for hydroxylation is 1. The van der Waals surface area contributed by atoms with Gasteiger partial charge in [0.1, 0.15) is 6.10 Å². The molecular formula is C19H29NO2S. The molecule has 0 radical (unpaired) electrons. The van der Waals surface area contributed by atoms with E-state index >= 15 is 0 Å². The smallest absolute Gasteiger partial charge is 0.251 e. The van der Waals surface area contributed by atoms with Crippen molar-refractivity contribution >= 4 is 17.2 Å². The van der Waals surface area contributed by atoms with Gasteiger partial charge in [0, 0.05) is 16.3 Å². The Morgan fingerprint density at radius 3 is 2.83 bits per heavy atom. The summed E-state index contributed by atoms with van der Waals surface area (Å²) >= 11 is 1.82. The van der Waals surface area contributed by atoms with Crippen LogP contribution in [0.1, 0.15) is 68.2 Å². The van der Waals surface area contributed by atoms with E-state index in [2.05, 4.69) is 30.9 Å². The molecule has 0 N–H and O–H groups in total. The summed E-state index contributed by atoms with van der Waals surface area (Å²) in [6.45, 7) is 7.23. The Hall–Kier alpha value is -0.870. The molecule has 0 bridgehead atoms. The standard InChI is InChI=1S/C19H29NO2S/c1-13-6-4-7-16(12-13)22-15(3)19(21)20-11-5-8-17(20)18-10-9-14(2)23-18/h9-10,13,15-17H,4-8,11-12H2,1-3H3. The number of ether oxygens (including phenoxy) is 1. The van der Waals surface area contributed by atoms with Crippen molar-refractivity contribution < 1.29 is 9.53 Å². The third-order valence-electron chi connectivity index (χ3n) is 5.26. The van der Waals surface area contributed by atoms with Crippen LogP contribution in [0.2, 0.25) is 0 Å². The Balaban J connectivity index is 1.61. The molecule has 1 aromatic heterocycles. The van der Waals surface area contributed by atoms with E-state index in [1.807, 2.05) is 18.3 Å². The van der Waals surface area contributed by atoms with Crippen LogP contribution in [0.15, 0.2) is 12.1 Å². The zero-order valence-corrected chi connectivity index (χ0v) is 15.4. The average molecular weight is 336 g/mol. The summed E-state index contributed by atoms with van der Waals surface area (Å²) in [5, 5.41) is 0. The van der Waals surface area contributed by atoms with Crippen LogP contribution in [0.4, 0.5) is 0 Å². The Morgan fingerprint density at radius 2 is 2.13 bits per heavy atom. The fourth-order valence-electron chi connectivity index (χ4n) is 4.04. The number of rotatable bonds is 4. The first-order valence-electron chi connectivity index (χ1n) is 9.07.